The Kier molecular flexibility index (Phi) is 6.13. The first-order chi connectivity index (χ1) is 15.5. The number of aromatic nitrogens is 3. The highest BCUT2D eigenvalue weighted by Gasteiger charge is 2.17. The number of non-ortho nitro benzene ring substituents is 1. The molecule has 4 aromatic rings. The Balaban J connectivity index is 1.54. The summed E-state index contributed by atoms with van der Waals surface area (Å²) in [5.41, 5.74) is 8.65. The lowest BCUT2D eigenvalue weighted by atomic mass is 10.2. The van der Waals surface area contributed by atoms with E-state index in [0.717, 1.165) is 11.3 Å². The van der Waals surface area contributed by atoms with Crippen LogP contribution in [0.2, 0.25) is 0 Å². The number of amides is 1. The Morgan fingerprint density at radius 1 is 1.03 bits per heavy atom. The van der Waals surface area contributed by atoms with E-state index in [1.807, 2.05) is 53.1 Å². The van der Waals surface area contributed by atoms with Crippen molar-refractivity contribution in [2.75, 3.05) is 16.8 Å². The number of hydrogen-bond acceptors (Lipinski definition) is 7. The molecule has 0 aliphatic rings. The van der Waals surface area contributed by atoms with E-state index in [1.165, 1.54) is 36.0 Å². The van der Waals surface area contributed by atoms with E-state index in [-0.39, 0.29) is 17.3 Å². The van der Waals surface area contributed by atoms with Crippen LogP contribution < -0.4 is 11.1 Å². The molecule has 4 rings (SSSR count). The fraction of sp³-hybridized carbons (Fsp3) is 0.0455. The number of benzene rings is 3. The molecule has 1 heterocycles. The molecule has 0 atom stereocenters. The second kappa shape index (κ2) is 9.31. The van der Waals surface area contributed by atoms with Gasteiger partial charge in [0.2, 0.25) is 5.91 Å². The van der Waals surface area contributed by atoms with Gasteiger partial charge >= 0.3 is 0 Å². The maximum atomic E-state index is 12.4. The van der Waals surface area contributed by atoms with Crippen LogP contribution in [-0.2, 0) is 4.79 Å². The van der Waals surface area contributed by atoms with E-state index < -0.39 is 4.92 Å². The standard InChI is InChI=1S/C22H18N6O3S/c23-16-6-4-5-15(13-16)21-25-26-22(27(21)18-7-2-1-3-8-18)32-14-20(29)24-17-9-11-19(12-10-17)28(30)31/h1-13H,14,23H2,(H,24,29). The Morgan fingerprint density at radius 3 is 2.47 bits per heavy atom. The summed E-state index contributed by atoms with van der Waals surface area (Å²) in [6.07, 6.45) is 0. The number of nitrogen functional groups attached to an aromatic ring is 1. The molecule has 1 aromatic heterocycles. The lowest BCUT2D eigenvalue weighted by Gasteiger charge is -2.11. The molecule has 0 spiro atoms. The van der Waals surface area contributed by atoms with Crippen LogP contribution in [-0.4, -0.2) is 31.3 Å². The highest BCUT2D eigenvalue weighted by molar-refractivity contribution is 7.99. The molecule has 0 bridgehead atoms. The summed E-state index contributed by atoms with van der Waals surface area (Å²) in [5.74, 6) is 0.428. The lowest BCUT2D eigenvalue weighted by molar-refractivity contribution is -0.384. The van der Waals surface area contributed by atoms with Gasteiger partial charge in [0.1, 0.15) is 0 Å². The number of thioether (sulfide) groups is 1. The molecule has 3 aromatic carbocycles. The first-order valence-corrected chi connectivity index (χ1v) is 10.5. The monoisotopic (exact) mass is 446 g/mol. The van der Waals surface area contributed by atoms with Crippen LogP contribution in [0.3, 0.4) is 0 Å². The molecule has 0 fully saturated rings. The van der Waals surface area contributed by atoms with Gasteiger partial charge in [0.25, 0.3) is 5.69 Å². The van der Waals surface area contributed by atoms with Crippen LogP contribution >= 0.6 is 11.8 Å². The number of para-hydroxylation sites is 1. The van der Waals surface area contributed by atoms with Gasteiger partial charge in [-0.2, -0.15) is 0 Å². The second-order valence-corrected chi connectivity index (χ2v) is 7.69. The van der Waals surface area contributed by atoms with Gasteiger partial charge in [-0.25, -0.2) is 0 Å². The topological polar surface area (TPSA) is 129 Å². The molecular weight excluding hydrogens is 428 g/mol. The maximum absolute atomic E-state index is 12.4. The number of carbonyl (C=O) groups excluding carboxylic acids is 1. The molecule has 160 valence electrons. The summed E-state index contributed by atoms with van der Waals surface area (Å²) < 4.78 is 1.87. The first kappa shape index (κ1) is 21.1. The van der Waals surface area contributed by atoms with Crippen molar-refractivity contribution in [3.8, 4) is 17.1 Å². The van der Waals surface area contributed by atoms with Gasteiger partial charge < -0.3 is 11.1 Å². The Bertz CT molecular complexity index is 1260. The summed E-state index contributed by atoms with van der Waals surface area (Å²) in [4.78, 5) is 22.7. The number of carbonyl (C=O) groups is 1. The molecule has 10 heteroatoms. The van der Waals surface area contributed by atoms with Crippen LogP contribution in [0.1, 0.15) is 0 Å². The number of nitrogens with zero attached hydrogens (tertiary/aromatic N) is 4. The average Bonchev–Trinajstić information content (AvgIpc) is 3.23. The fourth-order valence-electron chi connectivity index (χ4n) is 3.03. The molecule has 32 heavy (non-hydrogen) atoms. The minimum Gasteiger partial charge on any atom is -0.399 e. The summed E-state index contributed by atoms with van der Waals surface area (Å²) in [7, 11) is 0. The largest absolute Gasteiger partial charge is 0.399 e. The summed E-state index contributed by atoms with van der Waals surface area (Å²) in [5, 5.41) is 22.7. The number of rotatable bonds is 7. The SMILES string of the molecule is Nc1cccc(-c2nnc(SCC(=O)Nc3ccc([N+](=O)[O-])cc3)n2-c2ccccc2)c1. The molecule has 3 N–H and O–H groups in total. The number of nitrogens with two attached hydrogens (primary N) is 1. The van der Waals surface area contributed by atoms with Crippen LogP contribution in [0.15, 0.2) is 84.0 Å². The van der Waals surface area contributed by atoms with E-state index in [2.05, 4.69) is 15.5 Å². The fourth-order valence-corrected chi connectivity index (χ4v) is 3.78. The summed E-state index contributed by atoms with van der Waals surface area (Å²) in [6.45, 7) is 0. The van der Waals surface area contributed by atoms with Crippen molar-refractivity contribution in [3.63, 3.8) is 0 Å². The zero-order valence-electron chi connectivity index (χ0n) is 16.7. The highest BCUT2D eigenvalue weighted by atomic mass is 32.2. The van der Waals surface area contributed by atoms with Gasteiger partial charge in [0, 0.05) is 34.8 Å². The Labute approximate surface area is 187 Å². The number of nitro benzene ring substituents is 1. The summed E-state index contributed by atoms with van der Waals surface area (Å²) >= 11 is 1.23. The normalized spacial score (nSPS) is 10.6. The van der Waals surface area contributed by atoms with Crippen LogP contribution in [0.25, 0.3) is 17.1 Å². The van der Waals surface area contributed by atoms with Crippen LogP contribution in [0.5, 0.6) is 0 Å². The molecule has 0 aliphatic carbocycles. The van der Waals surface area contributed by atoms with Gasteiger partial charge in [-0.3, -0.25) is 19.5 Å². The van der Waals surface area contributed by atoms with Crippen molar-refractivity contribution < 1.29 is 9.72 Å². The van der Waals surface area contributed by atoms with Crippen molar-refractivity contribution in [1.29, 1.82) is 0 Å². The number of anilines is 2. The zero-order chi connectivity index (χ0) is 22.5. The maximum Gasteiger partial charge on any atom is 0.269 e. The molecular formula is C22H18N6O3S. The molecule has 0 unspecified atom stereocenters. The number of nitrogens with one attached hydrogen (secondary N) is 1. The van der Waals surface area contributed by atoms with Crippen molar-refractivity contribution in [3.05, 3.63) is 89.0 Å². The van der Waals surface area contributed by atoms with Gasteiger partial charge in [0.05, 0.1) is 10.7 Å². The number of nitro groups is 1. The summed E-state index contributed by atoms with van der Waals surface area (Å²) in [6, 6.07) is 22.6. The van der Waals surface area contributed by atoms with E-state index >= 15 is 0 Å². The molecule has 0 saturated heterocycles. The predicted octanol–water partition coefficient (Wildman–Crippen LogP) is 4.16. The van der Waals surface area contributed by atoms with Gasteiger partial charge in [-0.05, 0) is 36.4 Å². The molecule has 0 aliphatic heterocycles. The van der Waals surface area contributed by atoms with E-state index in [0.29, 0.717) is 22.4 Å². The minimum atomic E-state index is -0.490. The quantitative estimate of drug-likeness (QED) is 0.189. The first-order valence-electron chi connectivity index (χ1n) is 9.55. The highest BCUT2D eigenvalue weighted by Crippen LogP contribution is 2.29. The lowest BCUT2D eigenvalue weighted by Crippen LogP contribution is -2.14. The van der Waals surface area contributed by atoms with Gasteiger partial charge in [0.15, 0.2) is 11.0 Å². The van der Waals surface area contributed by atoms with Gasteiger partial charge in [-0.1, -0.05) is 42.1 Å². The molecule has 0 saturated carbocycles. The number of hydrogen-bond donors (Lipinski definition) is 2. The molecule has 0 radical (unpaired) electrons. The van der Waals surface area contributed by atoms with Crippen molar-refractivity contribution in [1.82, 2.24) is 14.8 Å². The van der Waals surface area contributed by atoms with Gasteiger partial charge in [-0.15, -0.1) is 10.2 Å². The average molecular weight is 446 g/mol. The van der Waals surface area contributed by atoms with Crippen molar-refractivity contribution in [2.45, 2.75) is 5.16 Å². The van der Waals surface area contributed by atoms with Crippen molar-refractivity contribution >= 4 is 34.7 Å². The predicted molar refractivity (Wildman–Crippen MR) is 124 cm³/mol. The Hall–Kier alpha value is -4.18. The van der Waals surface area contributed by atoms with E-state index in [9.17, 15) is 14.9 Å². The van der Waals surface area contributed by atoms with E-state index in [1.54, 1.807) is 6.07 Å². The third kappa shape index (κ3) is 4.76. The zero-order valence-corrected chi connectivity index (χ0v) is 17.5. The third-order valence-electron chi connectivity index (χ3n) is 4.49. The van der Waals surface area contributed by atoms with Crippen LogP contribution in [0.4, 0.5) is 17.1 Å². The molecule has 1 amide bonds. The Morgan fingerprint density at radius 2 is 1.78 bits per heavy atom. The smallest absolute Gasteiger partial charge is 0.269 e. The van der Waals surface area contributed by atoms with Crippen molar-refractivity contribution in [2.24, 2.45) is 0 Å². The molecule has 9 nitrogen and oxygen atoms in total. The van der Waals surface area contributed by atoms with E-state index in [4.69, 9.17) is 5.73 Å². The van der Waals surface area contributed by atoms with Crippen LogP contribution in [0, 0.1) is 10.1 Å². The third-order valence-corrected chi connectivity index (χ3v) is 5.42. The second-order valence-electron chi connectivity index (χ2n) is 6.74. The minimum absolute atomic E-state index is 0.0394.